The summed E-state index contributed by atoms with van der Waals surface area (Å²) in [7, 11) is 4.33. The first-order chi connectivity index (χ1) is 18.5. The number of aryl methyl sites for hydroxylation is 1. The molecule has 2 unspecified atom stereocenters. The molecule has 10 nitrogen and oxygen atoms in total. The van der Waals surface area contributed by atoms with Crippen molar-refractivity contribution in [1.82, 2.24) is 14.5 Å². The highest BCUT2D eigenvalue weighted by molar-refractivity contribution is 6.49. The molecular formula is C26H25Cl2FN6O4. The second kappa shape index (κ2) is 11.1. The Morgan fingerprint density at radius 1 is 1.15 bits per heavy atom. The standard InChI is InChI=1S/C26H25Cl2FN6O4/c1-12(2)21(32-18-10-31-26(39-5)33-23(18)38-4)19-20(30)25(37)35(14-9-16(28)24(36)34(3)11-14)22(19)13-6-7-15(27)17(29)8-13/h6-12,19,22,30H,1-5H3. The predicted molar refractivity (Wildman–Crippen MR) is 147 cm³/mol. The van der Waals surface area contributed by atoms with Crippen LogP contribution in [0.4, 0.5) is 15.8 Å². The van der Waals surface area contributed by atoms with Gasteiger partial charge in [0.15, 0.2) is 0 Å². The summed E-state index contributed by atoms with van der Waals surface area (Å²) in [5.41, 5.74) is 0.581. The molecule has 1 saturated heterocycles. The number of nitrogens with one attached hydrogen (secondary N) is 1. The van der Waals surface area contributed by atoms with Crippen LogP contribution in [-0.2, 0) is 11.8 Å². The molecule has 0 aliphatic carbocycles. The van der Waals surface area contributed by atoms with Crippen LogP contribution in [0.5, 0.6) is 11.9 Å². The van der Waals surface area contributed by atoms with Gasteiger partial charge in [0, 0.05) is 19.0 Å². The molecule has 1 aromatic carbocycles. The third-order valence-corrected chi connectivity index (χ3v) is 6.87. The molecule has 39 heavy (non-hydrogen) atoms. The first kappa shape index (κ1) is 28.2. The Balaban J connectivity index is 1.97. The predicted octanol–water partition coefficient (Wildman–Crippen LogP) is 4.79. The largest absolute Gasteiger partial charge is 0.479 e. The number of aromatic nitrogens is 3. The molecule has 204 valence electrons. The SMILES string of the molecule is COc1ncc(N=C(C(C)C)C2C(=N)C(=O)N(c3cc(Cl)c(=O)n(C)c3)C2c2ccc(Cl)c(F)c2)c(OC)n1. The fourth-order valence-electron chi connectivity index (χ4n) is 4.47. The van der Waals surface area contributed by atoms with E-state index in [1.54, 1.807) is 6.07 Å². The molecule has 13 heteroatoms. The van der Waals surface area contributed by atoms with Gasteiger partial charge in [-0.25, -0.2) is 14.4 Å². The number of amides is 1. The first-order valence-corrected chi connectivity index (χ1v) is 12.5. The summed E-state index contributed by atoms with van der Waals surface area (Å²) >= 11 is 12.1. The molecule has 2 aromatic heterocycles. The molecule has 0 saturated carbocycles. The average Bonchev–Trinajstić information content (AvgIpc) is 3.16. The van der Waals surface area contributed by atoms with Gasteiger partial charge in [0.25, 0.3) is 11.5 Å². The van der Waals surface area contributed by atoms with Gasteiger partial charge in [0.1, 0.15) is 22.2 Å². The van der Waals surface area contributed by atoms with E-state index >= 15 is 0 Å². The molecule has 1 aliphatic heterocycles. The van der Waals surface area contributed by atoms with Crippen LogP contribution >= 0.6 is 23.2 Å². The van der Waals surface area contributed by atoms with Crippen LogP contribution in [0.2, 0.25) is 10.0 Å². The number of aliphatic imine (C=N–C) groups is 1. The second-order valence-corrected chi connectivity index (χ2v) is 9.90. The molecule has 1 N–H and O–H groups in total. The van der Waals surface area contributed by atoms with Gasteiger partial charge in [-0.2, -0.15) is 4.98 Å². The van der Waals surface area contributed by atoms with Gasteiger partial charge >= 0.3 is 6.01 Å². The van der Waals surface area contributed by atoms with Crippen molar-refractivity contribution in [3.05, 3.63) is 68.4 Å². The number of hydrogen-bond acceptors (Lipinski definition) is 8. The van der Waals surface area contributed by atoms with E-state index in [1.165, 1.54) is 61.3 Å². The summed E-state index contributed by atoms with van der Waals surface area (Å²) in [5.74, 6) is -2.42. The third kappa shape index (κ3) is 5.24. The van der Waals surface area contributed by atoms with Crippen molar-refractivity contribution in [2.24, 2.45) is 23.9 Å². The van der Waals surface area contributed by atoms with E-state index in [0.717, 1.165) is 0 Å². The molecule has 0 bridgehead atoms. The van der Waals surface area contributed by atoms with Crippen molar-refractivity contribution in [3.8, 4) is 11.9 Å². The van der Waals surface area contributed by atoms with Crippen molar-refractivity contribution in [2.75, 3.05) is 19.1 Å². The van der Waals surface area contributed by atoms with Crippen molar-refractivity contribution < 1.29 is 18.7 Å². The zero-order valence-corrected chi connectivity index (χ0v) is 23.2. The Kier molecular flexibility index (Phi) is 8.03. The maximum absolute atomic E-state index is 14.7. The minimum Gasteiger partial charge on any atom is -0.479 e. The first-order valence-electron chi connectivity index (χ1n) is 11.7. The number of benzene rings is 1. The van der Waals surface area contributed by atoms with E-state index < -0.39 is 29.2 Å². The molecule has 3 aromatic rings. The zero-order chi connectivity index (χ0) is 28.6. The van der Waals surface area contributed by atoms with Gasteiger partial charge in [-0.3, -0.25) is 19.9 Å². The van der Waals surface area contributed by atoms with Gasteiger partial charge in [0.2, 0.25) is 5.88 Å². The summed E-state index contributed by atoms with van der Waals surface area (Å²) in [6, 6.07) is 4.69. The van der Waals surface area contributed by atoms with Crippen molar-refractivity contribution in [3.63, 3.8) is 0 Å². The number of pyridine rings is 1. The number of rotatable bonds is 7. The van der Waals surface area contributed by atoms with Crippen molar-refractivity contribution in [1.29, 1.82) is 5.41 Å². The van der Waals surface area contributed by atoms with Crippen LogP contribution in [0.15, 0.2) is 46.4 Å². The summed E-state index contributed by atoms with van der Waals surface area (Å²) < 4.78 is 26.4. The van der Waals surface area contributed by atoms with E-state index in [1.807, 2.05) is 13.8 Å². The van der Waals surface area contributed by atoms with Gasteiger partial charge < -0.3 is 14.0 Å². The Labute approximate surface area is 233 Å². The number of halogens is 3. The minimum absolute atomic E-state index is 0.0768. The molecule has 2 atom stereocenters. The molecule has 1 aliphatic rings. The summed E-state index contributed by atoms with van der Waals surface area (Å²) in [4.78, 5) is 40.3. The second-order valence-electron chi connectivity index (χ2n) is 9.09. The molecule has 0 radical (unpaired) electrons. The highest BCUT2D eigenvalue weighted by atomic mass is 35.5. The highest BCUT2D eigenvalue weighted by Gasteiger charge is 2.49. The normalized spacial score (nSPS) is 17.8. The summed E-state index contributed by atoms with van der Waals surface area (Å²) in [6.07, 6.45) is 2.85. The van der Waals surface area contributed by atoms with E-state index in [9.17, 15) is 14.0 Å². The Morgan fingerprint density at radius 2 is 1.87 bits per heavy atom. The van der Waals surface area contributed by atoms with E-state index in [2.05, 4.69) is 9.97 Å². The fraction of sp³-hybridized carbons (Fsp3) is 0.308. The van der Waals surface area contributed by atoms with Gasteiger partial charge in [-0.1, -0.05) is 43.1 Å². The number of anilines is 1. The van der Waals surface area contributed by atoms with Crippen LogP contribution in [0.3, 0.4) is 0 Å². The van der Waals surface area contributed by atoms with Crippen molar-refractivity contribution >= 4 is 51.9 Å². The van der Waals surface area contributed by atoms with Crippen molar-refractivity contribution in [2.45, 2.75) is 19.9 Å². The Bertz CT molecular complexity index is 1530. The number of hydrogen-bond donors (Lipinski definition) is 1. The molecular weight excluding hydrogens is 550 g/mol. The third-order valence-electron chi connectivity index (χ3n) is 6.29. The number of carbonyl (C=O) groups is 1. The van der Waals surface area contributed by atoms with Crippen LogP contribution in [-0.4, -0.2) is 46.1 Å². The lowest BCUT2D eigenvalue weighted by molar-refractivity contribution is -0.112. The molecule has 4 rings (SSSR count). The maximum Gasteiger partial charge on any atom is 0.319 e. The smallest absolute Gasteiger partial charge is 0.319 e. The number of nitrogens with zero attached hydrogens (tertiary/aromatic N) is 5. The number of methoxy groups -OCH3 is 2. The summed E-state index contributed by atoms with van der Waals surface area (Å²) in [6.45, 7) is 3.72. The lowest BCUT2D eigenvalue weighted by Gasteiger charge is -2.30. The zero-order valence-electron chi connectivity index (χ0n) is 21.7. The number of ether oxygens (including phenoxy) is 2. The van der Waals surface area contributed by atoms with Crippen LogP contribution < -0.4 is 19.9 Å². The quantitative estimate of drug-likeness (QED) is 0.405. The van der Waals surface area contributed by atoms with Crippen LogP contribution in [0, 0.1) is 23.1 Å². The minimum atomic E-state index is -0.930. The molecule has 0 spiro atoms. The molecule has 3 heterocycles. The Morgan fingerprint density at radius 3 is 2.46 bits per heavy atom. The average molecular weight is 575 g/mol. The Hall–Kier alpha value is -3.83. The van der Waals surface area contributed by atoms with E-state index in [4.69, 9.17) is 43.1 Å². The van der Waals surface area contributed by atoms with Crippen LogP contribution in [0.1, 0.15) is 25.5 Å². The monoisotopic (exact) mass is 574 g/mol. The van der Waals surface area contributed by atoms with Gasteiger partial charge in [0.05, 0.1) is 43.1 Å². The van der Waals surface area contributed by atoms with Gasteiger partial charge in [-0.05, 0) is 29.7 Å². The lowest BCUT2D eigenvalue weighted by Crippen LogP contribution is -2.33. The summed E-state index contributed by atoms with van der Waals surface area (Å²) in [5, 5.41) is 8.69. The topological polar surface area (TPSA) is 123 Å². The highest BCUT2D eigenvalue weighted by Crippen LogP contribution is 2.43. The van der Waals surface area contributed by atoms with Gasteiger partial charge in [-0.15, -0.1) is 0 Å². The fourth-order valence-corrected chi connectivity index (χ4v) is 4.84. The van der Waals surface area contributed by atoms with E-state index in [-0.39, 0.29) is 44.9 Å². The molecule has 1 amide bonds. The lowest BCUT2D eigenvalue weighted by atomic mass is 9.83. The number of carbonyl (C=O) groups excluding carboxylic acids is 1. The van der Waals surface area contributed by atoms with Crippen LogP contribution in [0.25, 0.3) is 0 Å². The molecule has 1 fully saturated rings. The maximum atomic E-state index is 14.7. The van der Waals surface area contributed by atoms with E-state index in [0.29, 0.717) is 11.3 Å².